The van der Waals surface area contributed by atoms with Gasteiger partial charge in [0.05, 0.1) is 0 Å². The standard InChI is InChI=1S/C11H16N2S/c1-4-12-11(14)13-10-7-8(2)5-6-9(10)3/h5-7H,4H2,1-3H3,(H2,12,13,14). The quantitative estimate of drug-likeness (QED) is 0.731. The van der Waals surface area contributed by atoms with E-state index in [2.05, 4.69) is 42.7 Å². The van der Waals surface area contributed by atoms with Crippen LogP contribution in [0.1, 0.15) is 18.1 Å². The Morgan fingerprint density at radius 2 is 2.07 bits per heavy atom. The zero-order chi connectivity index (χ0) is 10.6. The van der Waals surface area contributed by atoms with Gasteiger partial charge in [0.1, 0.15) is 0 Å². The maximum absolute atomic E-state index is 5.12. The average molecular weight is 208 g/mol. The minimum absolute atomic E-state index is 0.682. The largest absolute Gasteiger partial charge is 0.363 e. The van der Waals surface area contributed by atoms with E-state index in [1.54, 1.807) is 0 Å². The van der Waals surface area contributed by atoms with Crippen molar-refractivity contribution in [2.75, 3.05) is 11.9 Å². The molecule has 1 aromatic carbocycles. The van der Waals surface area contributed by atoms with E-state index in [0.717, 1.165) is 12.2 Å². The van der Waals surface area contributed by atoms with E-state index in [1.807, 2.05) is 6.92 Å². The van der Waals surface area contributed by atoms with Crippen molar-refractivity contribution in [3.05, 3.63) is 29.3 Å². The molecule has 0 fully saturated rings. The van der Waals surface area contributed by atoms with Crippen LogP contribution in [0.15, 0.2) is 18.2 Å². The van der Waals surface area contributed by atoms with Gasteiger partial charge >= 0.3 is 0 Å². The second-order valence-electron chi connectivity index (χ2n) is 3.30. The van der Waals surface area contributed by atoms with Gasteiger partial charge in [0, 0.05) is 12.2 Å². The van der Waals surface area contributed by atoms with E-state index in [0.29, 0.717) is 5.11 Å². The van der Waals surface area contributed by atoms with Gasteiger partial charge in [0.25, 0.3) is 0 Å². The van der Waals surface area contributed by atoms with Crippen molar-refractivity contribution < 1.29 is 0 Å². The van der Waals surface area contributed by atoms with Crippen molar-refractivity contribution in [2.45, 2.75) is 20.8 Å². The molecule has 1 rings (SSSR count). The Bertz CT molecular complexity index is 334. The summed E-state index contributed by atoms with van der Waals surface area (Å²) in [5, 5.41) is 6.91. The zero-order valence-electron chi connectivity index (χ0n) is 8.85. The number of nitrogens with one attached hydrogen (secondary N) is 2. The summed E-state index contributed by atoms with van der Waals surface area (Å²) < 4.78 is 0. The summed E-state index contributed by atoms with van der Waals surface area (Å²) in [7, 11) is 0. The Morgan fingerprint density at radius 3 is 2.71 bits per heavy atom. The molecule has 14 heavy (non-hydrogen) atoms. The van der Waals surface area contributed by atoms with Gasteiger partial charge < -0.3 is 10.6 Å². The molecule has 2 N–H and O–H groups in total. The smallest absolute Gasteiger partial charge is 0.170 e. The number of thiocarbonyl (C=S) groups is 1. The summed E-state index contributed by atoms with van der Waals surface area (Å²) in [5.41, 5.74) is 3.52. The third kappa shape index (κ3) is 3.00. The Balaban J connectivity index is 2.75. The Labute approximate surface area is 90.7 Å². The highest BCUT2D eigenvalue weighted by atomic mass is 32.1. The molecule has 0 aliphatic heterocycles. The summed E-state index contributed by atoms with van der Waals surface area (Å²) in [6, 6.07) is 6.28. The molecule has 0 bridgehead atoms. The first-order valence-corrected chi connectivity index (χ1v) is 5.16. The molecule has 1 aromatic rings. The maximum Gasteiger partial charge on any atom is 0.170 e. The summed E-state index contributed by atoms with van der Waals surface area (Å²) in [6.45, 7) is 7.00. The third-order valence-electron chi connectivity index (χ3n) is 1.98. The monoisotopic (exact) mass is 208 g/mol. The first-order chi connectivity index (χ1) is 6.63. The highest BCUT2D eigenvalue weighted by Crippen LogP contribution is 2.15. The lowest BCUT2D eigenvalue weighted by Gasteiger charge is -2.11. The summed E-state index contributed by atoms with van der Waals surface area (Å²) >= 11 is 5.12. The lowest BCUT2D eigenvalue weighted by atomic mass is 10.1. The van der Waals surface area contributed by atoms with Crippen LogP contribution in [0.3, 0.4) is 0 Å². The maximum atomic E-state index is 5.12. The third-order valence-corrected chi connectivity index (χ3v) is 2.23. The summed E-state index contributed by atoms with van der Waals surface area (Å²) in [6.07, 6.45) is 0. The van der Waals surface area contributed by atoms with E-state index in [4.69, 9.17) is 12.2 Å². The average Bonchev–Trinajstić information content (AvgIpc) is 2.12. The molecule has 0 aliphatic carbocycles. The molecule has 0 saturated carbocycles. The number of benzene rings is 1. The molecule has 0 spiro atoms. The van der Waals surface area contributed by atoms with Gasteiger partial charge in [0.2, 0.25) is 0 Å². The van der Waals surface area contributed by atoms with E-state index in [9.17, 15) is 0 Å². The number of anilines is 1. The normalized spacial score (nSPS) is 9.64. The highest BCUT2D eigenvalue weighted by Gasteiger charge is 1.99. The fraction of sp³-hybridized carbons (Fsp3) is 0.364. The topological polar surface area (TPSA) is 24.1 Å². The Kier molecular flexibility index (Phi) is 3.89. The van der Waals surface area contributed by atoms with Crippen LogP contribution < -0.4 is 10.6 Å². The fourth-order valence-electron chi connectivity index (χ4n) is 1.20. The van der Waals surface area contributed by atoms with E-state index >= 15 is 0 Å². The van der Waals surface area contributed by atoms with Crippen molar-refractivity contribution in [1.29, 1.82) is 0 Å². The van der Waals surface area contributed by atoms with Crippen molar-refractivity contribution in [2.24, 2.45) is 0 Å². The highest BCUT2D eigenvalue weighted by molar-refractivity contribution is 7.80. The van der Waals surface area contributed by atoms with E-state index in [-0.39, 0.29) is 0 Å². The molecule has 2 nitrogen and oxygen atoms in total. The molecule has 0 atom stereocenters. The SMILES string of the molecule is CCNC(=S)Nc1cc(C)ccc1C. The lowest BCUT2D eigenvalue weighted by molar-refractivity contribution is 0.979. The minimum atomic E-state index is 0.682. The van der Waals surface area contributed by atoms with Crippen LogP contribution in [0, 0.1) is 13.8 Å². The molecule has 0 aromatic heterocycles. The first-order valence-electron chi connectivity index (χ1n) is 4.75. The van der Waals surface area contributed by atoms with Crippen molar-refractivity contribution in [3.63, 3.8) is 0 Å². The number of hydrogen-bond donors (Lipinski definition) is 2. The number of rotatable bonds is 2. The van der Waals surface area contributed by atoms with Crippen LogP contribution in [0.5, 0.6) is 0 Å². The van der Waals surface area contributed by atoms with Crippen LogP contribution in [0.2, 0.25) is 0 Å². The van der Waals surface area contributed by atoms with Crippen LogP contribution in [0.25, 0.3) is 0 Å². The van der Waals surface area contributed by atoms with Gasteiger partial charge in [-0.15, -0.1) is 0 Å². The van der Waals surface area contributed by atoms with Gasteiger partial charge in [-0.1, -0.05) is 12.1 Å². The molecular formula is C11H16N2S. The minimum Gasteiger partial charge on any atom is -0.363 e. The summed E-state index contributed by atoms with van der Waals surface area (Å²) in [4.78, 5) is 0. The van der Waals surface area contributed by atoms with E-state index < -0.39 is 0 Å². The van der Waals surface area contributed by atoms with Crippen molar-refractivity contribution >= 4 is 23.0 Å². The second-order valence-corrected chi connectivity index (χ2v) is 3.71. The van der Waals surface area contributed by atoms with Crippen LogP contribution in [-0.4, -0.2) is 11.7 Å². The van der Waals surface area contributed by atoms with Crippen LogP contribution >= 0.6 is 12.2 Å². The molecule has 0 aliphatic rings. The van der Waals surface area contributed by atoms with Crippen LogP contribution in [-0.2, 0) is 0 Å². The summed E-state index contributed by atoms with van der Waals surface area (Å²) in [5.74, 6) is 0. The predicted molar refractivity (Wildman–Crippen MR) is 65.8 cm³/mol. The molecule has 0 radical (unpaired) electrons. The number of aryl methyl sites for hydroxylation is 2. The molecule has 0 heterocycles. The van der Waals surface area contributed by atoms with Gasteiger partial charge in [-0.2, -0.15) is 0 Å². The van der Waals surface area contributed by atoms with Crippen molar-refractivity contribution in [3.8, 4) is 0 Å². The zero-order valence-corrected chi connectivity index (χ0v) is 9.66. The van der Waals surface area contributed by atoms with Crippen molar-refractivity contribution in [1.82, 2.24) is 5.32 Å². The predicted octanol–water partition coefficient (Wildman–Crippen LogP) is 2.61. The molecular weight excluding hydrogens is 192 g/mol. The van der Waals surface area contributed by atoms with E-state index in [1.165, 1.54) is 11.1 Å². The second kappa shape index (κ2) is 4.96. The Hall–Kier alpha value is -1.09. The first kappa shape index (κ1) is 11.0. The van der Waals surface area contributed by atoms with Crippen LogP contribution in [0.4, 0.5) is 5.69 Å². The molecule has 0 amide bonds. The molecule has 76 valence electrons. The van der Waals surface area contributed by atoms with Gasteiger partial charge in [0.15, 0.2) is 5.11 Å². The number of hydrogen-bond acceptors (Lipinski definition) is 1. The molecule has 0 saturated heterocycles. The van der Waals surface area contributed by atoms with Gasteiger partial charge in [-0.05, 0) is 50.2 Å². The fourth-order valence-corrected chi connectivity index (χ4v) is 1.45. The van der Waals surface area contributed by atoms with Gasteiger partial charge in [-0.25, -0.2) is 0 Å². The Morgan fingerprint density at radius 1 is 1.36 bits per heavy atom. The lowest BCUT2D eigenvalue weighted by Crippen LogP contribution is -2.28. The molecule has 0 unspecified atom stereocenters. The van der Waals surface area contributed by atoms with Gasteiger partial charge in [-0.3, -0.25) is 0 Å². The molecule has 3 heteroatoms.